The molecule has 162 valence electrons. The number of hydrogen-bond donors (Lipinski definition) is 1. The van der Waals surface area contributed by atoms with Crippen molar-refractivity contribution in [1.29, 1.82) is 0 Å². The SMILES string of the molecule is CC[C@H]1CN2CC[C@@H]1C[C@H]2[C@H](O)c1cc(-c2cccc(F)c2)nc2ccc(OC)cc12. The maximum Gasteiger partial charge on any atom is 0.123 e. The lowest BCUT2D eigenvalue weighted by Crippen LogP contribution is -2.55. The quantitative estimate of drug-likeness (QED) is 0.616. The first-order chi connectivity index (χ1) is 15.1. The number of ether oxygens (including phenoxy) is 1. The van der Waals surface area contributed by atoms with Gasteiger partial charge in [0.05, 0.1) is 24.4 Å². The summed E-state index contributed by atoms with van der Waals surface area (Å²) in [4.78, 5) is 7.24. The summed E-state index contributed by atoms with van der Waals surface area (Å²) in [5, 5.41) is 12.5. The molecule has 0 spiro atoms. The lowest BCUT2D eigenvalue weighted by molar-refractivity contribution is -0.0562. The van der Waals surface area contributed by atoms with E-state index in [-0.39, 0.29) is 11.9 Å². The number of methoxy groups -OCH3 is 1. The minimum absolute atomic E-state index is 0.0960. The maximum absolute atomic E-state index is 13.9. The number of aliphatic hydroxyl groups excluding tert-OH is 1. The summed E-state index contributed by atoms with van der Waals surface area (Å²) in [5.41, 5.74) is 3.00. The van der Waals surface area contributed by atoms with Crippen molar-refractivity contribution in [2.75, 3.05) is 20.2 Å². The number of nitrogens with zero attached hydrogens (tertiary/aromatic N) is 2. The van der Waals surface area contributed by atoms with Gasteiger partial charge in [-0.05, 0) is 73.2 Å². The van der Waals surface area contributed by atoms with Gasteiger partial charge in [-0.1, -0.05) is 25.5 Å². The minimum Gasteiger partial charge on any atom is -0.497 e. The fourth-order valence-corrected chi connectivity index (χ4v) is 5.58. The van der Waals surface area contributed by atoms with E-state index in [1.807, 2.05) is 30.3 Å². The summed E-state index contributed by atoms with van der Waals surface area (Å²) in [7, 11) is 1.64. The summed E-state index contributed by atoms with van der Waals surface area (Å²) in [6.07, 6.45) is 2.80. The second-order valence-corrected chi connectivity index (χ2v) is 8.95. The Morgan fingerprint density at radius 1 is 1.23 bits per heavy atom. The first-order valence-electron chi connectivity index (χ1n) is 11.2. The van der Waals surface area contributed by atoms with E-state index < -0.39 is 6.10 Å². The largest absolute Gasteiger partial charge is 0.497 e. The van der Waals surface area contributed by atoms with Crippen molar-refractivity contribution in [3.05, 3.63) is 59.9 Å². The van der Waals surface area contributed by atoms with Crippen LogP contribution in [0.15, 0.2) is 48.5 Å². The van der Waals surface area contributed by atoms with E-state index in [0.717, 1.165) is 47.6 Å². The summed E-state index contributed by atoms with van der Waals surface area (Å²) in [6.45, 7) is 4.38. The fourth-order valence-electron chi connectivity index (χ4n) is 5.58. The smallest absolute Gasteiger partial charge is 0.123 e. The van der Waals surface area contributed by atoms with Crippen molar-refractivity contribution in [1.82, 2.24) is 9.88 Å². The van der Waals surface area contributed by atoms with Crippen molar-refractivity contribution in [3.8, 4) is 17.0 Å². The zero-order chi connectivity index (χ0) is 21.5. The number of rotatable bonds is 5. The second-order valence-electron chi connectivity index (χ2n) is 8.95. The van der Waals surface area contributed by atoms with Gasteiger partial charge in [0, 0.05) is 23.5 Å². The minimum atomic E-state index is -0.634. The van der Waals surface area contributed by atoms with Crippen molar-refractivity contribution in [2.45, 2.75) is 38.3 Å². The Morgan fingerprint density at radius 3 is 2.81 bits per heavy atom. The standard InChI is InChI=1S/C26H29FN2O2/c1-3-16-15-29-10-9-17(16)12-25(29)26(30)22-14-24(18-5-4-6-19(27)11-18)28-23-8-7-20(31-2)13-21(22)23/h4-8,11,13-14,16-17,25-26,30H,3,9-10,12,15H2,1-2H3/t16-,17+,25-,26+/m0/s1. The Bertz CT molecular complexity index is 1100. The molecule has 3 aromatic rings. The van der Waals surface area contributed by atoms with Gasteiger partial charge in [0.2, 0.25) is 0 Å². The van der Waals surface area contributed by atoms with Gasteiger partial charge >= 0.3 is 0 Å². The van der Waals surface area contributed by atoms with Gasteiger partial charge in [0.15, 0.2) is 0 Å². The Morgan fingerprint density at radius 2 is 2.10 bits per heavy atom. The Kier molecular flexibility index (Phi) is 5.40. The van der Waals surface area contributed by atoms with E-state index in [1.54, 1.807) is 13.2 Å². The third kappa shape index (κ3) is 3.70. The molecule has 31 heavy (non-hydrogen) atoms. The van der Waals surface area contributed by atoms with Crippen LogP contribution in [-0.2, 0) is 0 Å². The number of benzene rings is 2. The Hall–Kier alpha value is -2.50. The number of hydrogen-bond acceptors (Lipinski definition) is 4. The highest BCUT2D eigenvalue weighted by molar-refractivity contribution is 5.87. The third-order valence-electron chi connectivity index (χ3n) is 7.31. The van der Waals surface area contributed by atoms with Gasteiger partial charge in [0.1, 0.15) is 11.6 Å². The summed E-state index contributed by atoms with van der Waals surface area (Å²) in [6, 6.07) is 14.2. The first-order valence-corrected chi connectivity index (χ1v) is 11.2. The van der Waals surface area contributed by atoms with Crippen molar-refractivity contribution in [3.63, 3.8) is 0 Å². The van der Waals surface area contributed by atoms with Crippen LogP contribution >= 0.6 is 0 Å². The van der Waals surface area contributed by atoms with Crippen molar-refractivity contribution < 1.29 is 14.2 Å². The maximum atomic E-state index is 13.9. The third-order valence-corrected chi connectivity index (χ3v) is 7.31. The van der Waals surface area contributed by atoms with Gasteiger partial charge in [-0.15, -0.1) is 0 Å². The lowest BCUT2D eigenvalue weighted by Gasteiger charge is -2.51. The lowest BCUT2D eigenvalue weighted by atomic mass is 9.72. The number of piperidine rings is 3. The molecule has 0 amide bonds. The highest BCUT2D eigenvalue weighted by atomic mass is 19.1. The van der Waals surface area contributed by atoms with Gasteiger partial charge in [-0.25, -0.2) is 9.37 Å². The molecule has 2 bridgehead atoms. The molecule has 3 aliphatic rings. The predicted molar refractivity (Wildman–Crippen MR) is 121 cm³/mol. The Balaban J connectivity index is 1.60. The van der Waals surface area contributed by atoms with E-state index in [1.165, 1.54) is 25.0 Å². The molecule has 0 saturated carbocycles. The molecular weight excluding hydrogens is 391 g/mol. The van der Waals surface area contributed by atoms with E-state index >= 15 is 0 Å². The van der Waals surface area contributed by atoms with Gasteiger partial charge < -0.3 is 9.84 Å². The van der Waals surface area contributed by atoms with E-state index in [0.29, 0.717) is 17.2 Å². The van der Waals surface area contributed by atoms with Crippen LogP contribution in [0.2, 0.25) is 0 Å². The molecule has 4 nitrogen and oxygen atoms in total. The molecule has 0 aliphatic carbocycles. The molecule has 1 aromatic heterocycles. The topological polar surface area (TPSA) is 45.6 Å². The molecule has 3 saturated heterocycles. The van der Waals surface area contributed by atoms with Crippen LogP contribution in [0.1, 0.15) is 37.9 Å². The highest BCUT2D eigenvalue weighted by Crippen LogP contribution is 2.43. The van der Waals surface area contributed by atoms with E-state index in [2.05, 4.69) is 11.8 Å². The zero-order valence-electron chi connectivity index (χ0n) is 18.1. The average Bonchev–Trinajstić information content (AvgIpc) is 2.82. The molecule has 0 radical (unpaired) electrons. The molecule has 1 N–H and O–H groups in total. The number of halogens is 1. The first kappa shape index (κ1) is 20.4. The number of aromatic nitrogens is 1. The molecule has 2 aromatic carbocycles. The highest BCUT2D eigenvalue weighted by Gasteiger charge is 2.42. The summed E-state index contributed by atoms with van der Waals surface area (Å²) in [5.74, 6) is 1.85. The average molecular weight is 421 g/mol. The molecule has 3 aliphatic heterocycles. The molecule has 5 atom stereocenters. The number of fused-ring (bicyclic) bond motifs is 4. The van der Waals surface area contributed by atoms with Gasteiger partial charge in [-0.2, -0.15) is 0 Å². The van der Waals surface area contributed by atoms with Crippen LogP contribution in [0.25, 0.3) is 22.2 Å². The molecule has 3 fully saturated rings. The van der Waals surface area contributed by atoms with Crippen LogP contribution in [-0.4, -0.2) is 41.2 Å². The van der Waals surface area contributed by atoms with E-state index in [9.17, 15) is 9.50 Å². The van der Waals surface area contributed by atoms with E-state index in [4.69, 9.17) is 9.72 Å². The van der Waals surface area contributed by atoms with Crippen molar-refractivity contribution in [2.24, 2.45) is 11.8 Å². The normalized spacial score (nSPS) is 26.2. The number of pyridine rings is 1. The van der Waals surface area contributed by atoms with Crippen LogP contribution in [0.3, 0.4) is 0 Å². The Labute approximate surface area is 182 Å². The second kappa shape index (κ2) is 8.21. The summed E-state index contributed by atoms with van der Waals surface area (Å²) >= 11 is 0. The molecule has 5 heteroatoms. The monoisotopic (exact) mass is 420 g/mol. The zero-order valence-corrected chi connectivity index (χ0v) is 18.1. The molecule has 6 rings (SSSR count). The molecule has 4 heterocycles. The van der Waals surface area contributed by atoms with Crippen LogP contribution in [0.4, 0.5) is 4.39 Å². The molecule has 1 unspecified atom stereocenters. The predicted octanol–water partition coefficient (Wildman–Crippen LogP) is 5.20. The van der Waals surface area contributed by atoms with Gasteiger partial charge in [-0.3, -0.25) is 4.90 Å². The summed E-state index contributed by atoms with van der Waals surface area (Å²) < 4.78 is 19.3. The fraction of sp³-hybridized carbons (Fsp3) is 0.423. The van der Waals surface area contributed by atoms with Gasteiger partial charge in [0.25, 0.3) is 0 Å². The van der Waals surface area contributed by atoms with Crippen LogP contribution < -0.4 is 4.74 Å². The van der Waals surface area contributed by atoms with Crippen molar-refractivity contribution >= 4 is 10.9 Å². The number of aliphatic hydroxyl groups is 1. The van der Waals surface area contributed by atoms with Crippen LogP contribution in [0, 0.1) is 17.7 Å². The van der Waals surface area contributed by atoms with Crippen LogP contribution in [0.5, 0.6) is 5.75 Å². The molecular formula is C26H29FN2O2.